The fourth-order valence-corrected chi connectivity index (χ4v) is 1.59. The molecular formula is C11H13N3O3. The number of carbonyl (C=O) groups is 2. The minimum Gasteiger partial charge on any atom is -0.480 e. The zero-order valence-corrected chi connectivity index (χ0v) is 9.24. The quantitative estimate of drug-likeness (QED) is 0.799. The van der Waals surface area contributed by atoms with Crippen LogP contribution in [0.3, 0.4) is 0 Å². The maximum absolute atomic E-state index is 12.0. The maximum atomic E-state index is 12.0. The van der Waals surface area contributed by atoms with Gasteiger partial charge in [-0.1, -0.05) is 0 Å². The van der Waals surface area contributed by atoms with Gasteiger partial charge >= 0.3 is 5.97 Å². The number of carbonyl (C=O) groups excluding carboxylic acids is 1. The Labute approximate surface area is 98.3 Å². The predicted molar refractivity (Wildman–Crippen MR) is 58.3 cm³/mol. The lowest BCUT2D eigenvalue weighted by molar-refractivity contribution is -0.137. The molecule has 0 radical (unpaired) electrons. The van der Waals surface area contributed by atoms with Gasteiger partial charge in [0.2, 0.25) is 0 Å². The van der Waals surface area contributed by atoms with Crippen LogP contribution >= 0.6 is 0 Å². The summed E-state index contributed by atoms with van der Waals surface area (Å²) in [6, 6.07) is 0. The fraction of sp³-hybridized carbons (Fsp3) is 0.455. The molecule has 1 aliphatic carbocycles. The van der Waals surface area contributed by atoms with Crippen LogP contribution in [0.25, 0.3) is 0 Å². The number of aromatic nitrogens is 2. The highest BCUT2D eigenvalue weighted by molar-refractivity contribution is 5.95. The van der Waals surface area contributed by atoms with E-state index in [1.807, 2.05) is 0 Å². The Bertz CT molecular complexity index is 417. The molecule has 1 saturated carbocycles. The predicted octanol–water partition coefficient (Wildman–Crippen LogP) is 0.413. The molecule has 1 amide bonds. The Morgan fingerprint density at radius 1 is 1.35 bits per heavy atom. The summed E-state index contributed by atoms with van der Waals surface area (Å²) in [6.45, 7) is 0.226. The number of hydrogen-bond donors (Lipinski definition) is 1. The van der Waals surface area contributed by atoms with E-state index < -0.39 is 5.97 Å². The molecule has 90 valence electrons. The van der Waals surface area contributed by atoms with Crippen molar-refractivity contribution in [3.63, 3.8) is 0 Å². The Hall–Kier alpha value is -1.98. The van der Waals surface area contributed by atoms with Crippen LogP contribution in [0.15, 0.2) is 18.7 Å². The van der Waals surface area contributed by atoms with E-state index in [4.69, 9.17) is 5.11 Å². The Kier molecular flexibility index (Phi) is 3.32. The van der Waals surface area contributed by atoms with Crippen molar-refractivity contribution in [3.8, 4) is 0 Å². The van der Waals surface area contributed by atoms with Crippen LogP contribution < -0.4 is 0 Å². The first-order valence-electron chi connectivity index (χ1n) is 5.43. The molecule has 0 aliphatic heterocycles. The third kappa shape index (κ3) is 3.24. The average Bonchev–Trinajstić information content (AvgIpc) is 3.12. The van der Waals surface area contributed by atoms with Crippen LogP contribution in [0, 0.1) is 5.92 Å². The van der Waals surface area contributed by atoms with Gasteiger partial charge in [-0.25, -0.2) is 9.97 Å². The van der Waals surface area contributed by atoms with Crippen LogP contribution in [-0.2, 0) is 4.79 Å². The molecule has 6 nitrogen and oxygen atoms in total. The summed E-state index contributed by atoms with van der Waals surface area (Å²) < 4.78 is 0. The third-order valence-corrected chi connectivity index (χ3v) is 2.60. The van der Waals surface area contributed by atoms with E-state index in [2.05, 4.69) is 9.97 Å². The summed E-state index contributed by atoms with van der Waals surface area (Å²) in [5, 5.41) is 8.79. The van der Waals surface area contributed by atoms with Crippen molar-refractivity contribution in [2.45, 2.75) is 12.8 Å². The average molecular weight is 235 g/mol. The first kappa shape index (κ1) is 11.5. The van der Waals surface area contributed by atoms with E-state index in [9.17, 15) is 9.59 Å². The zero-order valence-electron chi connectivity index (χ0n) is 9.24. The van der Waals surface area contributed by atoms with Gasteiger partial charge in [-0.15, -0.1) is 0 Å². The molecule has 0 saturated heterocycles. The van der Waals surface area contributed by atoms with Crippen molar-refractivity contribution in [1.29, 1.82) is 0 Å². The highest BCUT2D eigenvalue weighted by Gasteiger charge is 2.28. The van der Waals surface area contributed by atoms with E-state index in [1.165, 1.54) is 23.6 Å². The fourth-order valence-electron chi connectivity index (χ4n) is 1.59. The van der Waals surface area contributed by atoms with E-state index in [0.29, 0.717) is 18.0 Å². The minimum atomic E-state index is -1.00. The molecule has 2 rings (SSSR count). The van der Waals surface area contributed by atoms with Gasteiger partial charge in [0.15, 0.2) is 0 Å². The smallest absolute Gasteiger partial charge is 0.323 e. The van der Waals surface area contributed by atoms with Gasteiger partial charge in [0.25, 0.3) is 5.91 Å². The maximum Gasteiger partial charge on any atom is 0.323 e. The summed E-state index contributed by atoms with van der Waals surface area (Å²) in [4.78, 5) is 31.6. The van der Waals surface area contributed by atoms with Crippen molar-refractivity contribution in [2.75, 3.05) is 13.1 Å². The SMILES string of the molecule is O=C(O)CN(CC1CC1)C(=O)c1cncnc1. The highest BCUT2D eigenvalue weighted by atomic mass is 16.4. The van der Waals surface area contributed by atoms with Crippen LogP contribution in [-0.4, -0.2) is 44.9 Å². The summed E-state index contributed by atoms with van der Waals surface area (Å²) in [7, 11) is 0. The number of rotatable bonds is 5. The van der Waals surface area contributed by atoms with Gasteiger partial charge in [-0.3, -0.25) is 9.59 Å². The lowest BCUT2D eigenvalue weighted by atomic mass is 10.2. The van der Waals surface area contributed by atoms with Gasteiger partial charge in [-0.2, -0.15) is 0 Å². The van der Waals surface area contributed by atoms with E-state index in [0.717, 1.165) is 12.8 Å². The molecule has 1 aliphatic rings. The Morgan fingerprint density at radius 3 is 2.53 bits per heavy atom. The lowest BCUT2D eigenvalue weighted by Crippen LogP contribution is -2.37. The molecule has 1 fully saturated rings. The van der Waals surface area contributed by atoms with Crippen molar-refractivity contribution in [1.82, 2.24) is 14.9 Å². The molecule has 0 aromatic carbocycles. The molecule has 1 aromatic heterocycles. The van der Waals surface area contributed by atoms with Crippen molar-refractivity contribution >= 4 is 11.9 Å². The van der Waals surface area contributed by atoms with Crippen LogP contribution in [0.1, 0.15) is 23.2 Å². The number of aliphatic carboxylic acids is 1. The van der Waals surface area contributed by atoms with Crippen LogP contribution in [0.2, 0.25) is 0 Å². The lowest BCUT2D eigenvalue weighted by Gasteiger charge is -2.20. The Morgan fingerprint density at radius 2 is 2.00 bits per heavy atom. The van der Waals surface area contributed by atoms with Crippen molar-refractivity contribution in [3.05, 3.63) is 24.3 Å². The van der Waals surface area contributed by atoms with Crippen molar-refractivity contribution < 1.29 is 14.7 Å². The van der Waals surface area contributed by atoms with E-state index in [1.54, 1.807) is 0 Å². The minimum absolute atomic E-state index is 0.274. The van der Waals surface area contributed by atoms with Crippen LogP contribution in [0.5, 0.6) is 0 Å². The van der Waals surface area contributed by atoms with Gasteiger partial charge < -0.3 is 10.0 Å². The van der Waals surface area contributed by atoms with Gasteiger partial charge in [-0.05, 0) is 18.8 Å². The zero-order chi connectivity index (χ0) is 12.3. The Balaban J connectivity index is 2.08. The molecule has 0 atom stereocenters. The first-order valence-corrected chi connectivity index (χ1v) is 5.43. The highest BCUT2D eigenvalue weighted by Crippen LogP contribution is 2.30. The van der Waals surface area contributed by atoms with E-state index >= 15 is 0 Å². The summed E-state index contributed by atoms with van der Waals surface area (Å²) in [6.07, 6.45) is 6.26. The monoisotopic (exact) mass is 235 g/mol. The number of hydrogen-bond acceptors (Lipinski definition) is 4. The van der Waals surface area contributed by atoms with Gasteiger partial charge in [0, 0.05) is 18.9 Å². The summed E-state index contributed by atoms with van der Waals surface area (Å²) >= 11 is 0. The molecule has 6 heteroatoms. The van der Waals surface area contributed by atoms with Gasteiger partial charge in [0.1, 0.15) is 12.9 Å². The second-order valence-corrected chi connectivity index (χ2v) is 4.15. The van der Waals surface area contributed by atoms with Crippen LogP contribution in [0.4, 0.5) is 0 Å². The molecule has 17 heavy (non-hydrogen) atoms. The first-order chi connectivity index (χ1) is 8.16. The van der Waals surface area contributed by atoms with Gasteiger partial charge in [0.05, 0.1) is 5.56 Å². The third-order valence-electron chi connectivity index (χ3n) is 2.60. The number of carboxylic acid groups (broad SMARTS) is 1. The standard InChI is InChI=1S/C11H13N3O3/c15-10(16)6-14(5-8-1-2-8)11(17)9-3-12-7-13-4-9/h3-4,7-8H,1-2,5-6H2,(H,15,16). The molecule has 0 bridgehead atoms. The molecule has 1 aromatic rings. The van der Waals surface area contributed by atoms with Crippen molar-refractivity contribution in [2.24, 2.45) is 5.92 Å². The van der Waals surface area contributed by atoms with E-state index in [-0.39, 0.29) is 12.5 Å². The molecule has 0 unspecified atom stereocenters. The topological polar surface area (TPSA) is 83.4 Å². The largest absolute Gasteiger partial charge is 0.480 e. The summed E-state index contributed by atoms with van der Waals surface area (Å²) in [5.74, 6) is -0.876. The molecular weight excluding hydrogens is 222 g/mol. The number of nitrogens with zero attached hydrogens (tertiary/aromatic N) is 3. The molecule has 1 N–H and O–H groups in total. The second kappa shape index (κ2) is 4.90. The number of carboxylic acids is 1. The normalized spacial score (nSPS) is 14.4. The molecule has 0 spiro atoms. The summed E-state index contributed by atoms with van der Waals surface area (Å²) in [5.41, 5.74) is 0.328. The second-order valence-electron chi connectivity index (χ2n) is 4.15. The molecule has 1 heterocycles. The number of amides is 1.